The molecule has 2 aromatic rings. The van der Waals surface area contributed by atoms with Crippen LogP contribution in [-0.4, -0.2) is 14.9 Å². The molecule has 0 aliphatic heterocycles. The summed E-state index contributed by atoms with van der Waals surface area (Å²) >= 11 is 9.75. The number of ether oxygens (including phenoxy) is 1. The van der Waals surface area contributed by atoms with Gasteiger partial charge in [-0.1, -0.05) is 15.9 Å². The van der Waals surface area contributed by atoms with Gasteiger partial charge in [0.05, 0.1) is 13.9 Å². The SMILES string of the molecule is O=[N+]([O-])c1cc(Br)c(Oc2ncc(CBr)cn2)c(Br)c1. The van der Waals surface area contributed by atoms with E-state index in [2.05, 4.69) is 57.8 Å². The number of nitro benzene ring substituents is 1. The summed E-state index contributed by atoms with van der Waals surface area (Å²) < 4.78 is 6.39. The number of hydrogen-bond acceptors (Lipinski definition) is 5. The van der Waals surface area contributed by atoms with Crippen molar-refractivity contribution < 1.29 is 9.66 Å². The first-order valence-corrected chi connectivity index (χ1v) is 7.90. The summed E-state index contributed by atoms with van der Waals surface area (Å²) in [6, 6.07) is 2.87. The van der Waals surface area contributed by atoms with Crippen LogP contribution in [0, 0.1) is 10.1 Å². The number of halogens is 3. The van der Waals surface area contributed by atoms with E-state index in [-0.39, 0.29) is 11.7 Å². The van der Waals surface area contributed by atoms with E-state index < -0.39 is 4.92 Å². The molecule has 0 radical (unpaired) electrons. The van der Waals surface area contributed by atoms with Crippen LogP contribution in [0.4, 0.5) is 5.69 Å². The van der Waals surface area contributed by atoms with E-state index >= 15 is 0 Å². The van der Waals surface area contributed by atoms with Crippen molar-refractivity contribution in [2.45, 2.75) is 5.33 Å². The Morgan fingerprint density at radius 2 is 1.75 bits per heavy atom. The van der Waals surface area contributed by atoms with Gasteiger partial charge in [0.2, 0.25) is 0 Å². The predicted octanol–water partition coefficient (Wildman–Crippen LogP) is 4.60. The van der Waals surface area contributed by atoms with E-state index in [0.29, 0.717) is 20.0 Å². The summed E-state index contributed by atoms with van der Waals surface area (Å²) in [6.45, 7) is 0. The van der Waals surface area contributed by atoms with Crippen molar-refractivity contribution in [3.63, 3.8) is 0 Å². The molecule has 0 bridgehead atoms. The molecule has 104 valence electrons. The van der Waals surface area contributed by atoms with Crippen molar-refractivity contribution in [3.05, 3.63) is 49.1 Å². The molecule has 0 saturated heterocycles. The molecule has 0 saturated carbocycles. The van der Waals surface area contributed by atoms with Gasteiger partial charge in [-0.15, -0.1) is 0 Å². The molecule has 20 heavy (non-hydrogen) atoms. The Morgan fingerprint density at radius 3 is 2.20 bits per heavy atom. The average Bonchev–Trinajstić information content (AvgIpc) is 2.43. The van der Waals surface area contributed by atoms with E-state index in [1.165, 1.54) is 12.1 Å². The Bertz CT molecular complexity index is 626. The van der Waals surface area contributed by atoms with Gasteiger partial charge in [0.15, 0.2) is 5.75 Å². The summed E-state index contributed by atoms with van der Waals surface area (Å²) in [5.41, 5.74) is 0.867. The summed E-state index contributed by atoms with van der Waals surface area (Å²) in [7, 11) is 0. The first-order chi connectivity index (χ1) is 9.51. The fourth-order valence-electron chi connectivity index (χ4n) is 1.31. The van der Waals surface area contributed by atoms with E-state index in [1.54, 1.807) is 12.4 Å². The minimum absolute atomic E-state index is 0.0494. The summed E-state index contributed by atoms with van der Waals surface area (Å²) in [6.07, 6.45) is 3.26. The van der Waals surface area contributed by atoms with Crippen molar-refractivity contribution in [1.82, 2.24) is 9.97 Å². The molecule has 2 rings (SSSR count). The number of nitrogens with zero attached hydrogens (tertiary/aromatic N) is 3. The largest absolute Gasteiger partial charge is 0.422 e. The number of benzene rings is 1. The van der Waals surface area contributed by atoms with Crippen LogP contribution in [0.1, 0.15) is 5.56 Å². The fraction of sp³-hybridized carbons (Fsp3) is 0.0909. The van der Waals surface area contributed by atoms with Crippen LogP contribution in [0.3, 0.4) is 0 Å². The zero-order valence-corrected chi connectivity index (χ0v) is 14.5. The third-order valence-electron chi connectivity index (χ3n) is 2.22. The third kappa shape index (κ3) is 3.53. The van der Waals surface area contributed by atoms with Crippen molar-refractivity contribution in [2.24, 2.45) is 0 Å². The molecule has 1 aromatic heterocycles. The highest BCUT2D eigenvalue weighted by Crippen LogP contribution is 2.38. The van der Waals surface area contributed by atoms with Crippen LogP contribution in [0.5, 0.6) is 11.8 Å². The minimum atomic E-state index is -0.486. The first kappa shape index (κ1) is 15.3. The maximum absolute atomic E-state index is 10.7. The lowest BCUT2D eigenvalue weighted by atomic mass is 10.3. The van der Waals surface area contributed by atoms with Crippen molar-refractivity contribution in [1.29, 1.82) is 0 Å². The van der Waals surface area contributed by atoms with Gasteiger partial charge in [-0.3, -0.25) is 10.1 Å². The second-order valence-electron chi connectivity index (χ2n) is 3.61. The molecule has 0 aliphatic rings. The number of rotatable bonds is 4. The number of alkyl halides is 1. The Labute approximate surface area is 139 Å². The number of aromatic nitrogens is 2. The lowest BCUT2D eigenvalue weighted by molar-refractivity contribution is -0.385. The summed E-state index contributed by atoms with van der Waals surface area (Å²) in [5.74, 6) is 0.377. The Morgan fingerprint density at radius 1 is 1.20 bits per heavy atom. The number of non-ortho nitro benzene ring substituents is 1. The van der Waals surface area contributed by atoms with Crippen LogP contribution in [0.25, 0.3) is 0 Å². The Balaban J connectivity index is 2.30. The van der Waals surface area contributed by atoms with Crippen LogP contribution >= 0.6 is 47.8 Å². The molecular weight excluding hydrogens is 462 g/mol. The second-order valence-corrected chi connectivity index (χ2v) is 5.87. The zero-order chi connectivity index (χ0) is 14.7. The fourth-order valence-corrected chi connectivity index (χ4v) is 2.92. The van der Waals surface area contributed by atoms with Gasteiger partial charge >= 0.3 is 6.01 Å². The maximum atomic E-state index is 10.7. The van der Waals surface area contributed by atoms with E-state index in [0.717, 1.165) is 5.56 Å². The van der Waals surface area contributed by atoms with Gasteiger partial charge in [-0.05, 0) is 37.4 Å². The molecular formula is C11H6Br3N3O3. The smallest absolute Gasteiger partial charge is 0.321 e. The molecule has 0 unspecified atom stereocenters. The Kier molecular flexibility index (Phi) is 5.06. The third-order valence-corrected chi connectivity index (χ3v) is 4.05. The van der Waals surface area contributed by atoms with E-state index in [9.17, 15) is 10.1 Å². The monoisotopic (exact) mass is 465 g/mol. The highest BCUT2D eigenvalue weighted by atomic mass is 79.9. The zero-order valence-electron chi connectivity index (χ0n) is 9.72. The second kappa shape index (κ2) is 6.59. The van der Waals surface area contributed by atoms with Crippen LogP contribution in [0.15, 0.2) is 33.5 Å². The number of hydrogen-bond donors (Lipinski definition) is 0. The Hall–Kier alpha value is -1.06. The van der Waals surface area contributed by atoms with Crippen LogP contribution in [0.2, 0.25) is 0 Å². The van der Waals surface area contributed by atoms with E-state index in [1.807, 2.05) is 0 Å². The van der Waals surface area contributed by atoms with Gasteiger partial charge < -0.3 is 4.74 Å². The molecule has 0 atom stereocenters. The highest BCUT2D eigenvalue weighted by molar-refractivity contribution is 9.11. The molecule has 0 N–H and O–H groups in total. The van der Waals surface area contributed by atoms with Gasteiger partial charge in [0.25, 0.3) is 5.69 Å². The molecule has 9 heteroatoms. The van der Waals surface area contributed by atoms with Crippen molar-refractivity contribution in [3.8, 4) is 11.8 Å². The van der Waals surface area contributed by atoms with Crippen LogP contribution < -0.4 is 4.74 Å². The van der Waals surface area contributed by atoms with Gasteiger partial charge in [0, 0.05) is 29.9 Å². The molecule has 0 fully saturated rings. The van der Waals surface area contributed by atoms with Crippen molar-refractivity contribution in [2.75, 3.05) is 0 Å². The average molecular weight is 468 g/mol. The van der Waals surface area contributed by atoms with E-state index in [4.69, 9.17) is 4.74 Å². The summed E-state index contributed by atoms with van der Waals surface area (Å²) in [5, 5.41) is 11.4. The first-order valence-electron chi connectivity index (χ1n) is 5.19. The predicted molar refractivity (Wildman–Crippen MR) is 83.2 cm³/mol. The molecule has 0 amide bonds. The summed E-state index contributed by atoms with van der Waals surface area (Å²) in [4.78, 5) is 18.3. The molecule has 0 spiro atoms. The lowest BCUT2D eigenvalue weighted by Crippen LogP contribution is -1.95. The van der Waals surface area contributed by atoms with Gasteiger partial charge in [0.1, 0.15) is 0 Å². The van der Waals surface area contributed by atoms with Gasteiger partial charge in [-0.2, -0.15) is 0 Å². The maximum Gasteiger partial charge on any atom is 0.321 e. The molecule has 1 aromatic carbocycles. The standard InChI is InChI=1S/C11H6Br3N3O3/c12-3-6-4-15-11(16-5-6)20-10-8(13)1-7(17(18)19)2-9(10)14/h1-2,4-5H,3H2. The molecule has 0 aliphatic carbocycles. The molecule has 6 nitrogen and oxygen atoms in total. The quantitative estimate of drug-likeness (QED) is 0.373. The topological polar surface area (TPSA) is 78.2 Å². The molecule has 1 heterocycles. The highest BCUT2D eigenvalue weighted by Gasteiger charge is 2.16. The van der Waals surface area contributed by atoms with Crippen molar-refractivity contribution >= 4 is 53.5 Å². The normalized spacial score (nSPS) is 10.3. The number of nitro groups is 1. The van der Waals surface area contributed by atoms with Gasteiger partial charge in [-0.25, -0.2) is 9.97 Å². The lowest BCUT2D eigenvalue weighted by Gasteiger charge is -2.08. The minimum Gasteiger partial charge on any atom is -0.422 e. The van der Waals surface area contributed by atoms with Crippen LogP contribution in [-0.2, 0) is 5.33 Å².